The Morgan fingerprint density at radius 3 is 2.89 bits per heavy atom. The van der Waals surface area contributed by atoms with Gasteiger partial charge in [0.25, 0.3) is 0 Å². The first-order valence-electron chi connectivity index (χ1n) is 4.65. The van der Waals surface area contributed by atoms with Crippen molar-refractivity contribution in [2.45, 2.75) is 0 Å². The highest BCUT2D eigenvalue weighted by Crippen LogP contribution is 2.29. The van der Waals surface area contributed by atoms with Gasteiger partial charge in [0.1, 0.15) is 0 Å². The highest BCUT2D eigenvalue weighted by Gasteiger charge is 2.10. The molecule has 2 aromatic rings. The zero-order chi connectivity index (χ0) is 13.1. The third kappa shape index (κ3) is 2.75. The van der Waals surface area contributed by atoms with Crippen molar-refractivity contribution in [3.63, 3.8) is 0 Å². The summed E-state index contributed by atoms with van der Waals surface area (Å²) in [6.45, 7) is 0. The van der Waals surface area contributed by atoms with Crippen molar-refractivity contribution in [2.24, 2.45) is 0 Å². The van der Waals surface area contributed by atoms with E-state index in [2.05, 4.69) is 25.9 Å². The SMILES string of the molecule is N#Cc1ccc(Oc2nc(Cl)ncc2Br)c(F)c1. The van der Waals surface area contributed by atoms with Crippen LogP contribution in [0.5, 0.6) is 11.6 Å². The molecule has 1 heterocycles. The minimum Gasteiger partial charge on any atom is -0.435 e. The maximum Gasteiger partial charge on any atom is 0.238 e. The Morgan fingerprint density at radius 2 is 2.22 bits per heavy atom. The summed E-state index contributed by atoms with van der Waals surface area (Å²) in [5.74, 6) is -0.612. The van der Waals surface area contributed by atoms with Crippen LogP contribution in [0.3, 0.4) is 0 Å². The molecule has 0 aliphatic rings. The van der Waals surface area contributed by atoms with E-state index < -0.39 is 5.82 Å². The van der Waals surface area contributed by atoms with E-state index in [0.717, 1.165) is 6.07 Å². The molecule has 18 heavy (non-hydrogen) atoms. The van der Waals surface area contributed by atoms with Crippen molar-refractivity contribution in [1.29, 1.82) is 5.26 Å². The zero-order valence-electron chi connectivity index (χ0n) is 8.69. The van der Waals surface area contributed by atoms with Gasteiger partial charge >= 0.3 is 0 Å². The largest absolute Gasteiger partial charge is 0.435 e. The van der Waals surface area contributed by atoms with Gasteiger partial charge in [-0.15, -0.1) is 0 Å². The number of nitriles is 1. The third-order valence-corrected chi connectivity index (χ3v) is 2.68. The molecule has 0 radical (unpaired) electrons. The average molecular weight is 329 g/mol. The molecule has 0 bridgehead atoms. The van der Waals surface area contributed by atoms with Gasteiger partial charge in [-0.1, -0.05) is 0 Å². The van der Waals surface area contributed by atoms with Gasteiger partial charge in [0.05, 0.1) is 16.1 Å². The molecule has 7 heteroatoms. The summed E-state index contributed by atoms with van der Waals surface area (Å²) < 4.78 is 19.3. The number of nitrogens with zero attached hydrogens (tertiary/aromatic N) is 3. The van der Waals surface area contributed by atoms with Crippen LogP contribution < -0.4 is 4.74 Å². The third-order valence-electron chi connectivity index (χ3n) is 1.95. The Morgan fingerprint density at radius 1 is 1.44 bits per heavy atom. The molecule has 0 fully saturated rings. The fraction of sp³-hybridized carbons (Fsp3) is 0. The van der Waals surface area contributed by atoms with Gasteiger partial charge < -0.3 is 4.74 Å². The summed E-state index contributed by atoms with van der Waals surface area (Å²) in [6.07, 6.45) is 1.40. The molecule has 90 valence electrons. The number of ether oxygens (including phenoxy) is 1. The molecule has 0 aliphatic carbocycles. The smallest absolute Gasteiger partial charge is 0.238 e. The summed E-state index contributed by atoms with van der Waals surface area (Å²) >= 11 is 8.77. The molecule has 0 unspecified atom stereocenters. The van der Waals surface area contributed by atoms with Crippen molar-refractivity contribution in [2.75, 3.05) is 0 Å². The normalized spacial score (nSPS) is 9.89. The van der Waals surface area contributed by atoms with Crippen molar-refractivity contribution in [3.05, 3.63) is 45.5 Å². The zero-order valence-corrected chi connectivity index (χ0v) is 11.0. The number of aromatic nitrogens is 2. The van der Waals surface area contributed by atoms with Crippen molar-refractivity contribution >= 4 is 27.5 Å². The first kappa shape index (κ1) is 12.7. The highest BCUT2D eigenvalue weighted by molar-refractivity contribution is 9.10. The predicted octanol–water partition coefficient (Wildman–Crippen LogP) is 3.70. The molecular formula is C11H4BrClFN3O. The van der Waals surface area contributed by atoms with E-state index in [0.29, 0.717) is 4.47 Å². The Kier molecular flexibility index (Phi) is 3.75. The van der Waals surface area contributed by atoms with E-state index in [-0.39, 0.29) is 22.5 Å². The average Bonchev–Trinajstić information content (AvgIpc) is 2.36. The number of hydrogen-bond acceptors (Lipinski definition) is 4. The van der Waals surface area contributed by atoms with Gasteiger partial charge in [0.2, 0.25) is 11.2 Å². The summed E-state index contributed by atoms with van der Waals surface area (Å²) in [7, 11) is 0. The molecule has 0 saturated heterocycles. The van der Waals surface area contributed by atoms with E-state index in [1.54, 1.807) is 0 Å². The van der Waals surface area contributed by atoms with Gasteiger partial charge in [-0.3, -0.25) is 0 Å². The van der Waals surface area contributed by atoms with Crippen LogP contribution >= 0.6 is 27.5 Å². The Bertz CT molecular complexity index is 645. The van der Waals surface area contributed by atoms with Crippen LogP contribution in [0.25, 0.3) is 0 Å². The van der Waals surface area contributed by atoms with E-state index >= 15 is 0 Å². The van der Waals surface area contributed by atoms with Gasteiger partial charge in [0.15, 0.2) is 11.6 Å². The minimum absolute atomic E-state index is 0.0118. The van der Waals surface area contributed by atoms with E-state index in [4.69, 9.17) is 21.6 Å². The second-order valence-electron chi connectivity index (χ2n) is 3.15. The number of hydrogen-bond donors (Lipinski definition) is 0. The molecule has 0 aliphatic heterocycles. The molecule has 1 aromatic heterocycles. The van der Waals surface area contributed by atoms with E-state index in [1.165, 1.54) is 18.3 Å². The summed E-state index contributed by atoms with van der Waals surface area (Å²) in [6, 6.07) is 5.69. The highest BCUT2D eigenvalue weighted by atomic mass is 79.9. The van der Waals surface area contributed by atoms with Gasteiger partial charge in [-0.25, -0.2) is 9.37 Å². The van der Waals surface area contributed by atoms with Crippen LogP contribution in [0.2, 0.25) is 5.28 Å². The van der Waals surface area contributed by atoms with Gasteiger partial charge in [-0.05, 0) is 45.7 Å². The molecule has 2 rings (SSSR count). The second kappa shape index (κ2) is 5.29. The van der Waals surface area contributed by atoms with Crippen molar-refractivity contribution in [1.82, 2.24) is 9.97 Å². The topological polar surface area (TPSA) is 58.8 Å². The monoisotopic (exact) mass is 327 g/mol. The maximum atomic E-state index is 13.6. The summed E-state index contributed by atoms with van der Waals surface area (Å²) in [5.41, 5.74) is 0.208. The lowest BCUT2D eigenvalue weighted by Crippen LogP contribution is -1.94. The molecular weight excluding hydrogens is 324 g/mol. The molecule has 0 amide bonds. The Balaban J connectivity index is 2.34. The molecule has 0 spiro atoms. The molecule has 0 atom stereocenters. The van der Waals surface area contributed by atoms with E-state index in [9.17, 15) is 4.39 Å². The first-order chi connectivity index (χ1) is 8.60. The molecule has 0 saturated carbocycles. The standard InChI is InChI=1S/C11H4BrClFN3O/c12-7-5-16-11(13)17-10(7)18-9-2-1-6(4-15)3-8(9)14/h1-3,5H. The summed E-state index contributed by atoms with van der Waals surface area (Å²) in [5, 5.41) is 8.61. The summed E-state index contributed by atoms with van der Waals surface area (Å²) in [4.78, 5) is 7.53. The quantitative estimate of drug-likeness (QED) is 0.789. The fourth-order valence-electron chi connectivity index (χ4n) is 1.16. The van der Waals surface area contributed by atoms with Gasteiger partial charge in [0, 0.05) is 6.20 Å². The lowest BCUT2D eigenvalue weighted by Gasteiger charge is -2.07. The van der Waals surface area contributed by atoms with Crippen LogP contribution in [0.4, 0.5) is 4.39 Å². The molecule has 0 N–H and O–H groups in total. The lowest BCUT2D eigenvalue weighted by atomic mass is 10.2. The lowest BCUT2D eigenvalue weighted by molar-refractivity contribution is 0.424. The maximum absolute atomic E-state index is 13.6. The number of benzene rings is 1. The van der Waals surface area contributed by atoms with Crippen LogP contribution in [0.15, 0.2) is 28.9 Å². The van der Waals surface area contributed by atoms with Gasteiger partial charge in [-0.2, -0.15) is 10.2 Å². The van der Waals surface area contributed by atoms with Crippen LogP contribution in [0.1, 0.15) is 5.56 Å². The number of halogens is 3. The Labute approximate surface area is 115 Å². The first-order valence-corrected chi connectivity index (χ1v) is 5.83. The van der Waals surface area contributed by atoms with Crippen LogP contribution in [-0.4, -0.2) is 9.97 Å². The molecule has 4 nitrogen and oxygen atoms in total. The number of rotatable bonds is 2. The minimum atomic E-state index is -0.657. The van der Waals surface area contributed by atoms with Crippen LogP contribution in [0, 0.1) is 17.1 Å². The van der Waals surface area contributed by atoms with E-state index in [1.807, 2.05) is 6.07 Å². The second-order valence-corrected chi connectivity index (χ2v) is 4.34. The van der Waals surface area contributed by atoms with Crippen molar-refractivity contribution < 1.29 is 9.13 Å². The fourth-order valence-corrected chi connectivity index (χ4v) is 1.56. The van der Waals surface area contributed by atoms with Crippen molar-refractivity contribution in [3.8, 4) is 17.7 Å². The van der Waals surface area contributed by atoms with Crippen LogP contribution in [-0.2, 0) is 0 Å². The Hall–Kier alpha value is -1.71. The predicted molar refractivity (Wildman–Crippen MR) is 65.9 cm³/mol. The molecule has 1 aromatic carbocycles.